The third-order valence-electron chi connectivity index (χ3n) is 3.30. The lowest BCUT2D eigenvalue weighted by molar-refractivity contribution is -0.388. The first-order chi connectivity index (χ1) is 10.6. The van der Waals surface area contributed by atoms with Crippen LogP contribution in [0.5, 0.6) is 0 Å². The van der Waals surface area contributed by atoms with Crippen LogP contribution in [0.1, 0.15) is 18.5 Å². The molecule has 0 amide bonds. The lowest BCUT2D eigenvalue weighted by Gasteiger charge is -2.16. The first-order valence-electron chi connectivity index (χ1n) is 6.53. The van der Waals surface area contributed by atoms with E-state index in [0.717, 1.165) is 12.3 Å². The maximum Gasteiger partial charge on any atom is 0.406 e. The minimum Gasteiger partial charge on any atom is -0.358 e. The van der Waals surface area contributed by atoms with Gasteiger partial charge in [-0.25, -0.2) is 12.8 Å². The van der Waals surface area contributed by atoms with Crippen LogP contribution in [-0.2, 0) is 16.9 Å². The van der Waals surface area contributed by atoms with E-state index in [2.05, 4.69) is 10.3 Å². The highest BCUT2D eigenvalue weighted by Gasteiger charge is 2.22. The summed E-state index contributed by atoms with van der Waals surface area (Å²) in [7, 11) is -2.06. The molecule has 1 aromatic heterocycles. The quantitative estimate of drug-likeness (QED) is 0.658. The van der Waals surface area contributed by atoms with Gasteiger partial charge in [-0.15, -0.1) is 0 Å². The lowest BCUT2D eigenvalue weighted by Crippen LogP contribution is -2.12. The number of aromatic nitrogens is 2. The minimum atomic E-state index is -3.65. The van der Waals surface area contributed by atoms with Gasteiger partial charge in [-0.05, 0) is 34.5 Å². The Morgan fingerprint density at radius 2 is 2.09 bits per heavy atom. The molecule has 1 aromatic carbocycles. The van der Waals surface area contributed by atoms with Crippen LogP contribution in [0.4, 0.5) is 16.0 Å². The molecule has 0 aliphatic heterocycles. The fourth-order valence-electron chi connectivity index (χ4n) is 2.09. The van der Waals surface area contributed by atoms with Crippen molar-refractivity contribution in [2.24, 2.45) is 7.05 Å². The van der Waals surface area contributed by atoms with E-state index < -0.39 is 26.6 Å². The molecule has 10 heteroatoms. The van der Waals surface area contributed by atoms with Crippen LogP contribution in [-0.4, -0.2) is 29.1 Å². The topological polar surface area (TPSA) is 107 Å². The van der Waals surface area contributed by atoms with Crippen LogP contribution >= 0.6 is 0 Å². The molecule has 0 radical (unpaired) electrons. The number of nitrogens with zero attached hydrogens (tertiary/aromatic N) is 3. The largest absolute Gasteiger partial charge is 0.406 e. The van der Waals surface area contributed by atoms with E-state index in [9.17, 15) is 22.9 Å². The minimum absolute atomic E-state index is 0.176. The summed E-state index contributed by atoms with van der Waals surface area (Å²) in [5.74, 6) is -1.03. The molecule has 0 bridgehead atoms. The number of rotatable bonds is 5. The number of halogens is 1. The molecule has 0 saturated heterocycles. The Hall–Kier alpha value is -2.49. The summed E-state index contributed by atoms with van der Waals surface area (Å²) in [6.07, 6.45) is 2.21. The predicted molar refractivity (Wildman–Crippen MR) is 81.4 cm³/mol. The van der Waals surface area contributed by atoms with Gasteiger partial charge in [0.2, 0.25) is 12.1 Å². The Kier molecular flexibility index (Phi) is 4.37. The fourth-order valence-corrected chi connectivity index (χ4v) is 2.82. The van der Waals surface area contributed by atoms with E-state index >= 15 is 0 Å². The average Bonchev–Trinajstić information content (AvgIpc) is 2.78. The lowest BCUT2D eigenvalue weighted by atomic mass is 10.1. The number of imidazole rings is 1. The third kappa shape index (κ3) is 3.47. The van der Waals surface area contributed by atoms with Gasteiger partial charge in [0.15, 0.2) is 9.84 Å². The normalized spacial score (nSPS) is 12.9. The van der Waals surface area contributed by atoms with Crippen molar-refractivity contribution in [1.29, 1.82) is 0 Å². The molecule has 0 spiro atoms. The van der Waals surface area contributed by atoms with Crippen LogP contribution in [0.15, 0.2) is 29.4 Å². The molecule has 23 heavy (non-hydrogen) atoms. The van der Waals surface area contributed by atoms with Crippen molar-refractivity contribution < 1.29 is 17.7 Å². The van der Waals surface area contributed by atoms with Gasteiger partial charge in [0.1, 0.15) is 10.7 Å². The Balaban J connectivity index is 2.32. The van der Waals surface area contributed by atoms with Gasteiger partial charge in [0, 0.05) is 13.3 Å². The number of nitrogens with one attached hydrogen (secondary N) is 1. The van der Waals surface area contributed by atoms with Crippen molar-refractivity contribution >= 4 is 21.5 Å². The van der Waals surface area contributed by atoms with Gasteiger partial charge >= 0.3 is 5.82 Å². The molecule has 0 saturated carbocycles. The molecule has 0 unspecified atom stereocenters. The van der Waals surface area contributed by atoms with E-state index in [1.807, 2.05) is 0 Å². The molecule has 1 heterocycles. The van der Waals surface area contributed by atoms with Crippen molar-refractivity contribution in [1.82, 2.24) is 9.55 Å². The molecule has 1 atom stereocenters. The Morgan fingerprint density at radius 1 is 1.43 bits per heavy atom. The second kappa shape index (κ2) is 5.95. The summed E-state index contributed by atoms with van der Waals surface area (Å²) >= 11 is 0. The molecule has 0 aliphatic rings. The van der Waals surface area contributed by atoms with Gasteiger partial charge in [-0.3, -0.25) is 4.57 Å². The zero-order valence-corrected chi connectivity index (χ0v) is 13.5. The third-order valence-corrected chi connectivity index (χ3v) is 4.43. The number of aryl methyl sites for hydroxylation is 1. The molecule has 1 N–H and O–H groups in total. The summed E-state index contributed by atoms with van der Waals surface area (Å²) in [6.45, 7) is 1.67. The van der Waals surface area contributed by atoms with Crippen molar-refractivity contribution in [2.75, 3.05) is 11.6 Å². The maximum absolute atomic E-state index is 13.9. The standard InChI is InChI=1S/C13H15FN4O4S/c1-8(16-13-12(18(19)20)15-7-17(13)2)9-4-5-11(10(14)6-9)23(3,21)22/h4-8,16H,1-3H3/t8-/m0/s1. The molecule has 0 fully saturated rings. The van der Waals surface area contributed by atoms with Gasteiger partial charge in [-0.2, -0.15) is 0 Å². The smallest absolute Gasteiger partial charge is 0.358 e. The molecule has 2 rings (SSSR count). The van der Waals surface area contributed by atoms with Gasteiger partial charge in [0.05, 0.1) is 6.04 Å². The molecule has 2 aromatic rings. The first-order valence-corrected chi connectivity index (χ1v) is 8.42. The summed E-state index contributed by atoms with van der Waals surface area (Å²) in [5.41, 5.74) is 0.449. The van der Waals surface area contributed by atoms with Gasteiger partial charge in [0.25, 0.3) is 0 Å². The molecule has 8 nitrogen and oxygen atoms in total. The second-order valence-corrected chi connectivity index (χ2v) is 7.10. The van der Waals surface area contributed by atoms with Crippen LogP contribution in [0, 0.1) is 15.9 Å². The molecule has 0 aliphatic carbocycles. The number of nitro groups is 1. The average molecular weight is 342 g/mol. The number of hydrogen-bond donors (Lipinski definition) is 1. The molecular formula is C13H15FN4O4S. The van der Waals surface area contributed by atoms with Gasteiger partial charge in [-0.1, -0.05) is 6.07 Å². The highest BCUT2D eigenvalue weighted by Crippen LogP contribution is 2.27. The predicted octanol–water partition coefficient (Wildman–Crippen LogP) is 2.04. The first kappa shape index (κ1) is 16.9. The zero-order chi connectivity index (χ0) is 17.4. The summed E-state index contributed by atoms with van der Waals surface area (Å²) in [4.78, 5) is 13.6. The van der Waals surface area contributed by atoms with Crippen LogP contribution in [0.2, 0.25) is 0 Å². The monoisotopic (exact) mass is 342 g/mol. The van der Waals surface area contributed by atoms with Crippen LogP contribution in [0.25, 0.3) is 0 Å². The molecular weight excluding hydrogens is 327 g/mol. The number of hydrogen-bond acceptors (Lipinski definition) is 6. The van der Waals surface area contributed by atoms with E-state index in [0.29, 0.717) is 5.56 Å². The Bertz CT molecular complexity index is 863. The van der Waals surface area contributed by atoms with E-state index in [1.165, 1.54) is 23.0 Å². The van der Waals surface area contributed by atoms with E-state index in [1.54, 1.807) is 14.0 Å². The Morgan fingerprint density at radius 3 is 2.61 bits per heavy atom. The number of anilines is 1. The number of benzene rings is 1. The maximum atomic E-state index is 13.9. The Labute approximate surface area is 132 Å². The highest BCUT2D eigenvalue weighted by atomic mass is 32.2. The summed E-state index contributed by atoms with van der Waals surface area (Å²) in [5, 5.41) is 13.8. The summed E-state index contributed by atoms with van der Waals surface area (Å²) in [6, 6.07) is 3.23. The highest BCUT2D eigenvalue weighted by molar-refractivity contribution is 7.90. The van der Waals surface area contributed by atoms with Crippen molar-refractivity contribution in [3.05, 3.63) is 46.0 Å². The van der Waals surface area contributed by atoms with Crippen LogP contribution in [0.3, 0.4) is 0 Å². The van der Waals surface area contributed by atoms with Gasteiger partial charge < -0.3 is 15.4 Å². The second-order valence-electron chi connectivity index (χ2n) is 5.11. The van der Waals surface area contributed by atoms with E-state index in [-0.39, 0.29) is 16.5 Å². The summed E-state index contributed by atoms with van der Waals surface area (Å²) < 4.78 is 38.2. The van der Waals surface area contributed by atoms with Crippen molar-refractivity contribution in [3.63, 3.8) is 0 Å². The van der Waals surface area contributed by atoms with Crippen molar-refractivity contribution in [3.8, 4) is 0 Å². The van der Waals surface area contributed by atoms with E-state index in [4.69, 9.17) is 0 Å². The SMILES string of the molecule is C[C@H](Nc1c([N+](=O)[O-])ncn1C)c1ccc(S(C)(=O)=O)c(F)c1. The fraction of sp³-hybridized carbons (Fsp3) is 0.308. The molecule has 124 valence electrons. The zero-order valence-electron chi connectivity index (χ0n) is 12.6. The van der Waals surface area contributed by atoms with Crippen molar-refractivity contribution in [2.45, 2.75) is 17.9 Å². The number of sulfone groups is 1. The van der Waals surface area contributed by atoms with Crippen LogP contribution < -0.4 is 5.32 Å².